The summed E-state index contributed by atoms with van der Waals surface area (Å²) < 4.78 is 0. The number of halogens is 1. The number of hydrogen-bond acceptors (Lipinski definition) is 2. The van der Waals surface area contributed by atoms with E-state index in [0.29, 0.717) is 12.0 Å². The van der Waals surface area contributed by atoms with E-state index >= 15 is 0 Å². The Morgan fingerprint density at radius 2 is 2.21 bits per heavy atom. The summed E-state index contributed by atoms with van der Waals surface area (Å²) in [6, 6.07) is 3.28. The van der Waals surface area contributed by atoms with E-state index in [1.165, 1.54) is 17.7 Å². The van der Waals surface area contributed by atoms with Gasteiger partial charge >= 0.3 is 0 Å². The van der Waals surface area contributed by atoms with Gasteiger partial charge in [0.2, 0.25) is 0 Å². The Morgan fingerprint density at radius 3 is 2.71 bits per heavy atom. The van der Waals surface area contributed by atoms with Gasteiger partial charge in [0.25, 0.3) is 0 Å². The molecule has 2 rings (SSSR count). The van der Waals surface area contributed by atoms with Gasteiger partial charge in [0.15, 0.2) is 0 Å². The van der Waals surface area contributed by atoms with Crippen LogP contribution in [0.25, 0.3) is 0 Å². The minimum absolute atomic E-state index is 0.517. The van der Waals surface area contributed by atoms with E-state index in [1.54, 1.807) is 11.3 Å². The largest absolute Gasteiger partial charge is 0.311 e. The normalized spacial score (nSPS) is 20.8. The highest BCUT2D eigenvalue weighted by molar-refractivity contribution is 7.10. The van der Waals surface area contributed by atoms with Crippen LogP contribution in [-0.4, -0.2) is 12.1 Å². The highest BCUT2D eigenvalue weighted by Gasteiger charge is 2.26. The lowest BCUT2D eigenvalue weighted by Crippen LogP contribution is -2.32. The lowest BCUT2D eigenvalue weighted by atomic mass is 10.0. The number of nitrogens with one attached hydrogen (secondary N) is 1. The molecule has 14 heavy (non-hydrogen) atoms. The first kappa shape index (κ1) is 10.5. The fraction of sp³-hybridized carbons (Fsp3) is 0.636. The van der Waals surface area contributed by atoms with Crippen LogP contribution in [0.3, 0.4) is 0 Å². The van der Waals surface area contributed by atoms with Crippen LogP contribution in [0.4, 0.5) is 0 Å². The summed E-state index contributed by atoms with van der Waals surface area (Å²) >= 11 is 7.88. The average molecular weight is 230 g/mol. The molecule has 1 fully saturated rings. The first-order valence-electron chi connectivity index (χ1n) is 5.17. The molecule has 78 valence electrons. The maximum Gasteiger partial charge on any atom is 0.0548 e. The number of rotatable bonds is 4. The summed E-state index contributed by atoms with van der Waals surface area (Å²) in [5.74, 6) is 0.517. The molecule has 1 saturated carbocycles. The summed E-state index contributed by atoms with van der Waals surface area (Å²) in [7, 11) is 0. The van der Waals surface area contributed by atoms with Crippen LogP contribution in [-0.2, 0) is 0 Å². The molecule has 1 N–H and O–H groups in total. The topological polar surface area (TPSA) is 12.0 Å². The lowest BCUT2D eigenvalue weighted by molar-refractivity contribution is 0.483. The van der Waals surface area contributed by atoms with Gasteiger partial charge in [0.05, 0.1) is 5.02 Å². The van der Waals surface area contributed by atoms with Gasteiger partial charge in [-0.25, -0.2) is 0 Å². The molecule has 0 spiro atoms. The Bertz CT molecular complexity index is 306. The van der Waals surface area contributed by atoms with Gasteiger partial charge in [-0.05, 0) is 31.2 Å². The second kappa shape index (κ2) is 4.21. The lowest BCUT2D eigenvalue weighted by Gasteiger charge is -2.20. The molecule has 0 aliphatic heterocycles. The maximum atomic E-state index is 6.11. The molecule has 1 aliphatic carbocycles. The molecule has 0 amide bonds. The van der Waals surface area contributed by atoms with Gasteiger partial charge in [0.1, 0.15) is 0 Å². The van der Waals surface area contributed by atoms with Crippen molar-refractivity contribution in [1.82, 2.24) is 5.32 Å². The first-order chi connectivity index (χ1) is 6.68. The van der Waals surface area contributed by atoms with E-state index in [4.69, 9.17) is 11.6 Å². The summed E-state index contributed by atoms with van der Waals surface area (Å²) in [5.41, 5.74) is 0. The van der Waals surface area contributed by atoms with Gasteiger partial charge < -0.3 is 5.32 Å². The van der Waals surface area contributed by atoms with Crippen LogP contribution >= 0.6 is 22.9 Å². The van der Waals surface area contributed by atoms with Crippen molar-refractivity contribution in [2.24, 2.45) is 0 Å². The van der Waals surface area contributed by atoms with E-state index in [1.807, 2.05) is 6.07 Å². The Morgan fingerprint density at radius 1 is 1.50 bits per heavy atom. The van der Waals surface area contributed by atoms with Crippen molar-refractivity contribution in [1.29, 1.82) is 0 Å². The van der Waals surface area contributed by atoms with E-state index < -0.39 is 0 Å². The zero-order chi connectivity index (χ0) is 10.1. The molecule has 0 saturated heterocycles. The van der Waals surface area contributed by atoms with Gasteiger partial charge in [-0.2, -0.15) is 0 Å². The molecule has 2 atom stereocenters. The van der Waals surface area contributed by atoms with Crippen molar-refractivity contribution >= 4 is 22.9 Å². The molecule has 1 nitrogen and oxygen atoms in total. The standard InChI is InChI=1S/C11H16ClNS/c1-7(8(2)13-9-3-4-9)11-10(12)5-6-14-11/h5-9,13H,3-4H2,1-2H3. The quantitative estimate of drug-likeness (QED) is 0.831. The van der Waals surface area contributed by atoms with Gasteiger partial charge in [-0.15, -0.1) is 11.3 Å². The van der Waals surface area contributed by atoms with Crippen LogP contribution in [0.5, 0.6) is 0 Å². The van der Waals surface area contributed by atoms with Crippen molar-refractivity contribution in [3.8, 4) is 0 Å². The summed E-state index contributed by atoms with van der Waals surface area (Å²) in [6.07, 6.45) is 2.68. The Kier molecular flexibility index (Phi) is 3.15. The molecule has 3 heteroatoms. The third-order valence-electron chi connectivity index (χ3n) is 2.88. The van der Waals surface area contributed by atoms with Crippen molar-refractivity contribution in [2.45, 2.75) is 44.7 Å². The second-order valence-corrected chi connectivity index (χ2v) is 5.51. The first-order valence-corrected chi connectivity index (χ1v) is 6.43. The van der Waals surface area contributed by atoms with Crippen molar-refractivity contribution in [3.05, 3.63) is 21.3 Å². The van der Waals surface area contributed by atoms with Crippen LogP contribution in [0.2, 0.25) is 5.02 Å². The third-order valence-corrected chi connectivity index (χ3v) is 4.44. The molecule has 0 radical (unpaired) electrons. The predicted molar refractivity (Wildman–Crippen MR) is 63.4 cm³/mol. The number of thiophene rings is 1. The van der Waals surface area contributed by atoms with Crippen LogP contribution in [0, 0.1) is 0 Å². The fourth-order valence-corrected chi connectivity index (χ4v) is 3.02. The van der Waals surface area contributed by atoms with E-state index in [-0.39, 0.29) is 0 Å². The van der Waals surface area contributed by atoms with Crippen molar-refractivity contribution in [3.63, 3.8) is 0 Å². The molecular formula is C11H16ClNS. The summed E-state index contributed by atoms with van der Waals surface area (Å²) in [6.45, 7) is 4.50. The smallest absolute Gasteiger partial charge is 0.0548 e. The predicted octanol–water partition coefficient (Wildman–Crippen LogP) is 3.65. The highest BCUT2D eigenvalue weighted by Crippen LogP contribution is 2.33. The average Bonchev–Trinajstić information content (AvgIpc) is 2.86. The molecule has 0 bridgehead atoms. The van der Waals surface area contributed by atoms with Crippen molar-refractivity contribution in [2.75, 3.05) is 0 Å². The Labute approximate surface area is 94.5 Å². The Hall–Kier alpha value is -0.0500. The fourth-order valence-electron chi connectivity index (χ4n) is 1.62. The second-order valence-electron chi connectivity index (χ2n) is 4.15. The third kappa shape index (κ3) is 2.30. The number of hydrogen-bond donors (Lipinski definition) is 1. The minimum Gasteiger partial charge on any atom is -0.311 e. The van der Waals surface area contributed by atoms with E-state index in [2.05, 4.69) is 24.5 Å². The van der Waals surface area contributed by atoms with E-state index in [9.17, 15) is 0 Å². The zero-order valence-electron chi connectivity index (χ0n) is 8.59. The Balaban J connectivity index is 1.99. The molecule has 1 aliphatic rings. The molecule has 1 heterocycles. The highest BCUT2D eigenvalue weighted by atomic mass is 35.5. The van der Waals surface area contributed by atoms with Crippen LogP contribution in [0.15, 0.2) is 11.4 Å². The molecular weight excluding hydrogens is 214 g/mol. The zero-order valence-corrected chi connectivity index (χ0v) is 10.2. The molecule has 0 aromatic carbocycles. The van der Waals surface area contributed by atoms with Gasteiger partial charge in [-0.3, -0.25) is 0 Å². The van der Waals surface area contributed by atoms with Crippen LogP contribution in [0.1, 0.15) is 37.5 Å². The SMILES string of the molecule is CC(NC1CC1)C(C)c1sccc1Cl. The van der Waals surface area contributed by atoms with Crippen molar-refractivity contribution < 1.29 is 0 Å². The molecule has 1 aromatic heterocycles. The van der Waals surface area contributed by atoms with Gasteiger partial charge in [-0.1, -0.05) is 18.5 Å². The van der Waals surface area contributed by atoms with Crippen LogP contribution < -0.4 is 5.32 Å². The monoisotopic (exact) mass is 229 g/mol. The van der Waals surface area contributed by atoms with Gasteiger partial charge in [0, 0.05) is 22.9 Å². The molecule has 1 aromatic rings. The maximum absolute atomic E-state index is 6.11. The summed E-state index contributed by atoms with van der Waals surface area (Å²) in [4.78, 5) is 1.31. The van der Waals surface area contributed by atoms with E-state index in [0.717, 1.165) is 11.1 Å². The molecule has 2 unspecified atom stereocenters. The summed E-state index contributed by atoms with van der Waals surface area (Å²) in [5, 5.41) is 6.61. The minimum atomic E-state index is 0.517.